The number of aliphatic imine (C=N–C) groups is 1. The van der Waals surface area contributed by atoms with Crippen molar-refractivity contribution < 1.29 is 19.0 Å². The summed E-state index contributed by atoms with van der Waals surface area (Å²) in [5.74, 6) is -0.0789. The van der Waals surface area contributed by atoms with Gasteiger partial charge in [-0.1, -0.05) is 0 Å². The lowest BCUT2D eigenvalue weighted by atomic mass is 10.3. The molecule has 1 aromatic heterocycles. The van der Waals surface area contributed by atoms with Crippen LogP contribution in [0.1, 0.15) is 12.6 Å². The zero-order valence-electron chi connectivity index (χ0n) is 15.0. The quantitative estimate of drug-likeness (QED) is 0.353. The van der Waals surface area contributed by atoms with Crippen LogP contribution in [0.5, 0.6) is 0 Å². The normalized spacial score (nSPS) is 15.6. The summed E-state index contributed by atoms with van der Waals surface area (Å²) < 4.78 is 18.4. The summed E-state index contributed by atoms with van der Waals surface area (Å²) in [6, 6.07) is 4.16. The number of hydroxylamine groups is 1. The number of halogens is 2. The number of hydrogen-bond acceptors (Lipinski definition) is 8. The largest absolute Gasteiger partial charge is 0.352 e. The van der Waals surface area contributed by atoms with E-state index in [2.05, 4.69) is 41.5 Å². The first-order valence-electron chi connectivity index (χ1n) is 8.46. The Morgan fingerprint density at radius 3 is 2.75 bits per heavy atom. The summed E-state index contributed by atoms with van der Waals surface area (Å²) in [6.45, 7) is 4.76. The van der Waals surface area contributed by atoms with Gasteiger partial charge in [-0.25, -0.2) is 14.0 Å². The lowest BCUT2D eigenvalue weighted by molar-refractivity contribution is -0.130. The Labute approximate surface area is 168 Å². The third-order valence-electron chi connectivity index (χ3n) is 4.25. The van der Waals surface area contributed by atoms with Crippen molar-refractivity contribution in [3.63, 3.8) is 0 Å². The highest BCUT2D eigenvalue weighted by molar-refractivity contribution is 9.10. The van der Waals surface area contributed by atoms with Gasteiger partial charge in [-0.2, -0.15) is 0 Å². The van der Waals surface area contributed by atoms with Gasteiger partial charge < -0.3 is 10.2 Å². The summed E-state index contributed by atoms with van der Waals surface area (Å²) in [6.07, 6.45) is 0. The maximum Gasteiger partial charge on any atom is 0.219 e. The number of nitrogens with one attached hydrogen (secondary N) is 2. The zero-order valence-corrected chi connectivity index (χ0v) is 16.6. The van der Waals surface area contributed by atoms with Gasteiger partial charge in [0.2, 0.25) is 11.7 Å². The van der Waals surface area contributed by atoms with Crippen LogP contribution in [0.3, 0.4) is 0 Å². The maximum atomic E-state index is 13.4. The van der Waals surface area contributed by atoms with Gasteiger partial charge in [-0.05, 0) is 44.4 Å². The van der Waals surface area contributed by atoms with Crippen molar-refractivity contribution >= 4 is 39.2 Å². The molecule has 1 aliphatic heterocycles. The molecule has 3 N–H and O–H groups in total. The Morgan fingerprint density at radius 2 is 2.11 bits per heavy atom. The number of amidine groups is 1. The standard InChI is InChI=1S/C16H19BrFN7O3/c1-10(26)25-6-4-24(5-7-25)9-19-15-14(22-28-23-15)16(21-27)20-11-2-3-13(18)12(17)8-11/h2-3,8,27H,4-7,9H2,1H3,(H,19,23)(H,20,21). The SMILES string of the molecule is CC(=O)N1CCN(CNc2nonc2C(=Nc2ccc(F)c(Br)c2)NO)CC1. The van der Waals surface area contributed by atoms with Crippen molar-refractivity contribution in [1.29, 1.82) is 0 Å². The van der Waals surface area contributed by atoms with Gasteiger partial charge in [0.05, 0.1) is 16.8 Å². The molecule has 1 aliphatic rings. The summed E-state index contributed by atoms with van der Waals surface area (Å²) in [5.41, 5.74) is 2.52. The van der Waals surface area contributed by atoms with Crippen LogP contribution in [-0.2, 0) is 4.79 Å². The van der Waals surface area contributed by atoms with E-state index in [1.165, 1.54) is 18.2 Å². The molecule has 1 amide bonds. The highest BCUT2D eigenvalue weighted by atomic mass is 79.9. The highest BCUT2D eigenvalue weighted by Crippen LogP contribution is 2.23. The Morgan fingerprint density at radius 1 is 1.36 bits per heavy atom. The molecular formula is C16H19BrFN7O3. The van der Waals surface area contributed by atoms with Gasteiger partial charge in [0.25, 0.3) is 0 Å². The molecule has 2 aromatic rings. The van der Waals surface area contributed by atoms with Crippen molar-refractivity contribution in [2.24, 2.45) is 4.99 Å². The van der Waals surface area contributed by atoms with Crippen LogP contribution >= 0.6 is 15.9 Å². The third kappa shape index (κ3) is 4.82. The number of anilines is 1. The van der Waals surface area contributed by atoms with Crippen LogP contribution in [0.15, 0.2) is 32.3 Å². The molecule has 0 aliphatic carbocycles. The van der Waals surface area contributed by atoms with Crippen molar-refractivity contribution in [3.8, 4) is 0 Å². The molecule has 2 heterocycles. The van der Waals surface area contributed by atoms with Crippen LogP contribution in [0.25, 0.3) is 0 Å². The smallest absolute Gasteiger partial charge is 0.219 e. The summed E-state index contributed by atoms with van der Waals surface area (Å²) in [4.78, 5) is 19.5. The minimum absolute atomic E-state index is 0.0105. The van der Waals surface area contributed by atoms with E-state index in [-0.39, 0.29) is 27.7 Å². The first kappa shape index (κ1) is 20.2. The van der Waals surface area contributed by atoms with Crippen LogP contribution in [0.2, 0.25) is 0 Å². The van der Waals surface area contributed by atoms with Crippen molar-refractivity contribution in [2.75, 3.05) is 38.2 Å². The van der Waals surface area contributed by atoms with Gasteiger partial charge in [-0.15, -0.1) is 0 Å². The average Bonchev–Trinajstić information content (AvgIpc) is 3.16. The second-order valence-corrected chi connectivity index (χ2v) is 6.95. The molecule has 0 atom stereocenters. The van der Waals surface area contributed by atoms with Gasteiger partial charge in [0.1, 0.15) is 5.82 Å². The van der Waals surface area contributed by atoms with Crippen molar-refractivity contribution in [1.82, 2.24) is 25.6 Å². The second kappa shape index (κ2) is 9.08. The second-order valence-electron chi connectivity index (χ2n) is 6.09. The topological polar surface area (TPSA) is 119 Å². The van der Waals surface area contributed by atoms with E-state index in [1.807, 2.05) is 5.48 Å². The van der Waals surface area contributed by atoms with E-state index in [1.54, 1.807) is 11.8 Å². The first-order chi connectivity index (χ1) is 13.5. The number of carbonyl (C=O) groups excluding carboxylic acids is 1. The van der Waals surface area contributed by atoms with Gasteiger partial charge in [0, 0.05) is 33.1 Å². The molecule has 28 heavy (non-hydrogen) atoms. The summed E-state index contributed by atoms with van der Waals surface area (Å²) >= 11 is 3.09. The number of piperazine rings is 1. The molecule has 0 bridgehead atoms. The number of benzene rings is 1. The van der Waals surface area contributed by atoms with Gasteiger partial charge in [0.15, 0.2) is 11.5 Å². The molecule has 150 valence electrons. The number of aromatic nitrogens is 2. The molecule has 0 saturated carbocycles. The van der Waals surface area contributed by atoms with E-state index < -0.39 is 5.82 Å². The molecule has 0 unspecified atom stereocenters. The monoisotopic (exact) mass is 455 g/mol. The Hall–Kier alpha value is -2.57. The molecule has 0 spiro atoms. The molecule has 1 saturated heterocycles. The third-order valence-corrected chi connectivity index (χ3v) is 4.86. The van der Waals surface area contributed by atoms with Crippen molar-refractivity contribution in [2.45, 2.75) is 6.92 Å². The number of hydrogen-bond donors (Lipinski definition) is 3. The predicted octanol–water partition coefficient (Wildman–Crippen LogP) is 1.56. The lowest BCUT2D eigenvalue weighted by Crippen LogP contribution is -2.49. The Balaban J connectivity index is 1.67. The molecule has 1 fully saturated rings. The van der Waals surface area contributed by atoms with Crippen LogP contribution in [0.4, 0.5) is 15.9 Å². The Bertz CT molecular complexity index is 868. The number of nitrogens with zero attached hydrogens (tertiary/aromatic N) is 5. The van der Waals surface area contributed by atoms with Crippen LogP contribution in [0, 0.1) is 5.82 Å². The number of amides is 1. The fourth-order valence-electron chi connectivity index (χ4n) is 2.68. The highest BCUT2D eigenvalue weighted by Gasteiger charge is 2.21. The van der Waals surface area contributed by atoms with E-state index in [4.69, 9.17) is 4.63 Å². The van der Waals surface area contributed by atoms with Gasteiger partial charge in [-0.3, -0.25) is 20.4 Å². The van der Waals surface area contributed by atoms with Crippen molar-refractivity contribution in [3.05, 3.63) is 34.2 Å². The van der Waals surface area contributed by atoms with Crippen LogP contribution < -0.4 is 10.8 Å². The maximum absolute atomic E-state index is 13.4. The molecule has 1 aromatic carbocycles. The fraction of sp³-hybridized carbons (Fsp3) is 0.375. The number of rotatable bonds is 5. The average molecular weight is 456 g/mol. The molecule has 3 rings (SSSR count). The van der Waals surface area contributed by atoms with E-state index >= 15 is 0 Å². The minimum atomic E-state index is -0.423. The zero-order chi connectivity index (χ0) is 20.1. The Kier molecular flexibility index (Phi) is 6.54. The molecule has 0 radical (unpaired) electrons. The van der Waals surface area contributed by atoms with E-state index in [9.17, 15) is 14.4 Å². The molecule has 10 nitrogen and oxygen atoms in total. The lowest BCUT2D eigenvalue weighted by Gasteiger charge is -2.34. The predicted molar refractivity (Wildman–Crippen MR) is 102 cm³/mol. The fourth-order valence-corrected chi connectivity index (χ4v) is 3.05. The van der Waals surface area contributed by atoms with E-state index in [0.717, 1.165) is 13.1 Å². The molecular weight excluding hydrogens is 437 g/mol. The summed E-state index contributed by atoms with van der Waals surface area (Å²) in [5, 5.41) is 20.1. The first-order valence-corrected chi connectivity index (χ1v) is 9.25. The molecule has 12 heteroatoms. The van der Waals surface area contributed by atoms with E-state index in [0.29, 0.717) is 25.4 Å². The van der Waals surface area contributed by atoms with Gasteiger partial charge >= 0.3 is 0 Å². The summed E-state index contributed by atoms with van der Waals surface area (Å²) in [7, 11) is 0. The number of carbonyl (C=O) groups is 1. The van der Waals surface area contributed by atoms with Crippen LogP contribution in [-0.4, -0.2) is 69.9 Å². The minimum Gasteiger partial charge on any atom is -0.352 e.